The molecule has 0 unspecified atom stereocenters. The SMILES string of the molecule is C[C@@H](OC[C@@H](O)CN1CCN(c2ccccc2)CC1)c1ccc(Cl)cc1. The van der Waals surface area contributed by atoms with Crippen molar-refractivity contribution in [3.8, 4) is 0 Å². The molecule has 3 rings (SSSR count). The summed E-state index contributed by atoms with van der Waals surface area (Å²) in [7, 11) is 0. The lowest BCUT2D eigenvalue weighted by atomic mass is 10.1. The highest BCUT2D eigenvalue weighted by molar-refractivity contribution is 6.30. The zero-order valence-corrected chi connectivity index (χ0v) is 16.0. The Kier molecular flexibility index (Phi) is 6.92. The summed E-state index contributed by atoms with van der Waals surface area (Å²) in [6.07, 6.45) is -0.537. The Bertz CT molecular complexity index is 657. The third-order valence-corrected chi connectivity index (χ3v) is 5.09. The van der Waals surface area contributed by atoms with Gasteiger partial charge in [0.15, 0.2) is 0 Å². The molecule has 1 heterocycles. The number of ether oxygens (including phenoxy) is 1. The Labute approximate surface area is 160 Å². The minimum absolute atomic E-state index is 0.0585. The fourth-order valence-corrected chi connectivity index (χ4v) is 3.39. The Morgan fingerprint density at radius 2 is 1.65 bits per heavy atom. The van der Waals surface area contributed by atoms with Gasteiger partial charge >= 0.3 is 0 Å². The number of benzene rings is 2. The first-order chi connectivity index (χ1) is 12.6. The molecule has 0 aromatic heterocycles. The molecule has 5 heteroatoms. The molecular formula is C21H27ClN2O2. The monoisotopic (exact) mass is 374 g/mol. The van der Waals surface area contributed by atoms with Gasteiger partial charge in [0.2, 0.25) is 0 Å². The molecule has 1 saturated heterocycles. The van der Waals surface area contributed by atoms with Crippen LogP contribution in [0.2, 0.25) is 5.02 Å². The van der Waals surface area contributed by atoms with Crippen molar-refractivity contribution in [1.82, 2.24) is 4.90 Å². The molecule has 26 heavy (non-hydrogen) atoms. The summed E-state index contributed by atoms with van der Waals surface area (Å²) in [6.45, 7) is 6.86. The van der Waals surface area contributed by atoms with Gasteiger partial charge in [-0.05, 0) is 36.8 Å². The molecule has 0 amide bonds. The van der Waals surface area contributed by atoms with E-state index in [2.05, 4.69) is 34.1 Å². The van der Waals surface area contributed by atoms with Crippen LogP contribution in [0.3, 0.4) is 0 Å². The van der Waals surface area contributed by atoms with Crippen LogP contribution in [-0.2, 0) is 4.74 Å². The molecule has 4 nitrogen and oxygen atoms in total. The molecule has 0 aliphatic carbocycles. The molecule has 1 aliphatic rings. The minimum Gasteiger partial charge on any atom is -0.389 e. The fourth-order valence-electron chi connectivity index (χ4n) is 3.26. The lowest BCUT2D eigenvalue weighted by molar-refractivity contribution is -0.0162. The van der Waals surface area contributed by atoms with Crippen molar-refractivity contribution in [3.63, 3.8) is 0 Å². The minimum atomic E-state index is -0.479. The molecule has 2 aromatic rings. The van der Waals surface area contributed by atoms with E-state index >= 15 is 0 Å². The highest BCUT2D eigenvalue weighted by Crippen LogP contribution is 2.20. The summed E-state index contributed by atoms with van der Waals surface area (Å²) >= 11 is 5.91. The van der Waals surface area contributed by atoms with E-state index in [0.29, 0.717) is 13.2 Å². The first-order valence-corrected chi connectivity index (χ1v) is 9.57. The molecule has 1 N–H and O–H groups in total. The predicted molar refractivity (Wildman–Crippen MR) is 107 cm³/mol. The summed E-state index contributed by atoms with van der Waals surface area (Å²) in [5.74, 6) is 0. The number of aliphatic hydroxyl groups excluding tert-OH is 1. The molecule has 0 radical (unpaired) electrons. The molecule has 2 aromatic carbocycles. The quantitative estimate of drug-likeness (QED) is 0.803. The smallest absolute Gasteiger partial charge is 0.0900 e. The van der Waals surface area contributed by atoms with E-state index in [1.165, 1.54) is 5.69 Å². The van der Waals surface area contributed by atoms with Crippen molar-refractivity contribution < 1.29 is 9.84 Å². The van der Waals surface area contributed by atoms with E-state index in [1.807, 2.05) is 37.3 Å². The van der Waals surface area contributed by atoms with Gasteiger partial charge in [0.1, 0.15) is 0 Å². The zero-order chi connectivity index (χ0) is 18.4. The standard InChI is InChI=1S/C21H27ClN2O2/c1-17(18-7-9-19(22)10-8-18)26-16-21(25)15-23-11-13-24(14-12-23)20-5-3-2-4-6-20/h2-10,17,21,25H,11-16H2,1H3/t17-,21+/m1/s1. The second-order valence-corrected chi connectivity index (χ2v) is 7.24. The summed E-state index contributed by atoms with van der Waals surface area (Å²) in [6, 6.07) is 18.1. The lowest BCUT2D eigenvalue weighted by Crippen LogP contribution is -2.49. The summed E-state index contributed by atoms with van der Waals surface area (Å²) in [4.78, 5) is 4.70. The molecule has 2 atom stereocenters. The Morgan fingerprint density at radius 3 is 2.31 bits per heavy atom. The lowest BCUT2D eigenvalue weighted by Gasteiger charge is -2.37. The molecule has 0 saturated carbocycles. The normalized spacial score (nSPS) is 17.9. The maximum Gasteiger partial charge on any atom is 0.0900 e. The number of β-amino-alcohol motifs (C(OH)–C–C–N with tert-alkyl or cyclic N) is 1. The number of para-hydroxylation sites is 1. The summed E-state index contributed by atoms with van der Waals surface area (Å²) < 4.78 is 5.83. The average molecular weight is 375 g/mol. The van der Waals surface area contributed by atoms with Crippen LogP contribution in [0.4, 0.5) is 5.69 Å². The number of hydrogen-bond donors (Lipinski definition) is 1. The molecule has 1 aliphatic heterocycles. The number of halogens is 1. The van der Waals surface area contributed by atoms with E-state index in [9.17, 15) is 5.11 Å². The van der Waals surface area contributed by atoms with E-state index < -0.39 is 6.10 Å². The number of hydrogen-bond acceptors (Lipinski definition) is 4. The van der Waals surface area contributed by atoms with Gasteiger partial charge in [0.25, 0.3) is 0 Å². The summed E-state index contributed by atoms with van der Waals surface area (Å²) in [5.41, 5.74) is 2.34. The van der Waals surface area contributed by atoms with Gasteiger partial charge in [-0.1, -0.05) is 41.9 Å². The molecular weight excluding hydrogens is 348 g/mol. The van der Waals surface area contributed by atoms with E-state index in [4.69, 9.17) is 16.3 Å². The van der Waals surface area contributed by atoms with E-state index in [1.54, 1.807) is 0 Å². The predicted octanol–water partition coefficient (Wildman–Crippen LogP) is 3.60. The van der Waals surface area contributed by atoms with Gasteiger partial charge < -0.3 is 14.7 Å². The van der Waals surface area contributed by atoms with Crippen LogP contribution in [0.15, 0.2) is 54.6 Å². The number of piperazine rings is 1. The van der Waals surface area contributed by atoms with E-state index in [-0.39, 0.29) is 6.10 Å². The largest absolute Gasteiger partial charge is 0.389 e. The van der Waals surface area contributed by atoms with Crippen LogP contribution < -0.4 is 4.90 Å². The van der Waals surface area contributed by atoms with Crippen molar-refractivity contribution >= 4 is 17.3 Å². The van der Waals surface area contributed by atoms with Crippen molar-refractivity contribution in [2.75, 3.05) is 44.2 Å². The first kappa shape index (κ1) is 19.2. The van der Waals surface area contributed by atoms with E-state index in [0.717, 1.165) is 36.8 Å². The van der Waals surface area contributed by atoms with Gasteiger partial charge in [0, 0.05) is 43.4 Å². The third-order valence-electron chi connectivity index (χ3n) is 4.84. The van der Waals surface area contributed by atoms with Gasteiger partial charge in [-0.15, -0.1) is 0 Å². The number of nitrogens with zero attached hydrogens (tertiary/aromatic N) is 2. The highest BCUT2D eigenvalue weighted by atomic mass is 35.5. The zero-order valence-electron chi connectivity index (χ0n) is 15.2. The summed E-state index contributed by atoms with van der Waals surface area (Å²) in [5, 5.41) is 11.0. The van der Waals surface area contributed by atoms with Crippen LogP contribution >= 0.6 is 11.6 Å². The fraction of sp³-hybridized carbons (Fsp3) is 0.429. The van der Waals surface area contributed by atoms with Gasteiger partial charge in [0.05, 0.1) is 18.8 Å². The topological polar surface area (TPSA) is 35.9 Å². The Morgan fingerprint density at radius 1 is 1.00 bits per heavy atom. The Hall–Kier alpha value is -1.59. The average Bonchev–Trinajstić information content (AvgIpc) is 2.68. The van der Waals surface area contributed by atoms with Gasteiger partial charge in [-0.25, -0.2) is 0 Å². The molecule has 1 fully saturated rings. The number of aliphatic hydroxyl groups is 1. The van der Waals surface area contributed by atoms with Crippen molar-refractivity contribution in [1.29, 1.82) is 0 Å². The van der Waals surface area contributed by atoms with Crippen LogP contribution in [0.1, 0.15) is 18.6 Å². The Balaban J connectivity index is 1.39. The van der Waals surface area contributed by atoms with Gasteiger partial charge in [-0.2, -0.15) is 0 Å². The molecule has 140 valence electrons. The molecule has 0 bridgehead atoms. The van der Waals surface area contributed by atoms with Crippen molar-refractivity contribution in [2.45, 2.75) is 19.1 Å². The van der Waals surface area contributed by atoms with Crippen LogP contribution in [0.5, 0.6) is 0 Å². The highest BCUT2D eigenvalue weighted by Gasteiger charge is 2.20. The van der Waals surface area contributed by atoms with Crippen LogP contribution in [0.25, 0.3) is 0 Å². The second kappa shape index (κ2) is 9.38. The maximum absolute atomic E-state index is 10.3. The number of rotatable bonds is 7. The second-order valence-electron chi connectivity index (χ2n) is 6.80. The van der Waals surface area contributed by atoms with Crippen LogP contribution in [0, 0.1) is 0 Å². The maximum atomic E-state index is 10.3. The van der Waals surface area contributed by atoms with Crippen LogP contribution in [-0.4, -0.2) is 55.4 Å². The van der Waals surface area contributed by atoms with Crippen molar-refractivity contribution in [2.24, 2.45) is 0 Å². The molecule has 0 spiro atoms. The van der Waals surface area contributed by atoms with Crippen molar-refractivity contribution in [3.05, 3.63) is 65.2 Å². The first-order valence-electron chi connectivity index (χ1n) is 9.19. The third kappa shape index (κ3) is 5.45. The number of anilines is 1. The van der Waals surface area contributed by atoms with Gasteiger partial charge in [-0.3, -0.25) is 4.90 Å².